The number of hydrogen-bond acceptors (Lipinski definition) is 5. The normalized spacial score (nSPS) is 15.7. The second-order valence-electron chi connectivity index (χ2n) is 8.47. The molecule has 11 heteroatoms. The minimum atomic E-state index is -4.87. The van der Waals surface area contributed by atoms with E-state index in [0.717, 1.165) is 6.07 Å². The van der Waals surface area contributed by atoms with Crippen molar-refractivity contribution in [3.05, 3.63) is 63.3 Å². The zero-order valence-electron chi connectivity index (χ0n) is 17.4. The van der Waals surface area contributed by atoms with Gasteiger partial charge in [0.25, 0.3) is 5.56 Å². The Balaban J connectivity index is 1.54. The second-order valence-corrected chi connectivity index (χ2v) is 8.87. The number of hydrogen-bond donors (Lipinski definition) is 1. The highest BCUT2D eigenvalue weighted by Gasteiger charge is 2.35. The molecule has 0 atom stereocenters. The topological polar surface area (TPSA) is 82.0 Å². The largest absolute Gasteiger partial charge is 0.573 e. The summed E-state index contributed by atoms with van der Waals surface area (Å²) in [6, 6.07) is 9.63. The van der Waals surface area contributed by atoms with Gasteiger partial charge in [0, 0.05) is 16.9 Å². The SMILES string of the molecule is CC1(Cn2nc(Cc3nc4cc(OC(F)(F)F)c(Cl)cc4[nH]3)c3ccccc3c2=O)COC1. The fourth-order valence-corrected chi connectivity index (χ4v) is 4.16. The van der Waals surface area contributed by atoms with Gasteiger partial charge in [0.15, 0.2) is 0 Å². The maximum absolute atomic E-state index is 13.0. The first-order valence-corrected chi connectivity index (χ1v) is 10.5. The summed E-state index contributed by atoms with van der Waals surface area (Å²) in [5.74, 6) is -0.0610. The minimum Gasteiger partial charge on any atom is -0.404 e. The van der Waals surface area contributed by atoms with Crippen LogP contribution in [-0.2, 0) is 17.7 Å². The number of nitrogens with one attached hydrogen (secondary N) is 1. The minimum absolute atomic E-state index is 0.165. The fourth-order valence-electron chi connectivity index (χ4n) is 3.96. The Hall–Kier alpha value is -3.11. The van der Waals surface area contributed by atoms with E-state index >= 15 is 0 Å². The highest BCUT2D eigenvalue weighted by Crippen LogP contribution is 2.33. The number of fused-ring (bicyclic) bond motifs is 2. The van der Waals surface area contributed by atoms with Crippen molar-refractivity contribution in [1.82, 2.24) is 19.7 Å². The number of rotatable bonds is 5. The molecule has 1 aliphatic rings. The highest BCUT2D eigenvalue weighted by atomic mass is 35.5. The first-order chi connectivity index (χ1) is 15.6. The van der Waals surface area contributed by atoms with Gasteiger partial charge in [0.05, 0.1) is 53.3 Å². The molecule has 7 nitrogen and oxygen atoms in total. The van der Waals surface area contributed by atoms with Gasteiger partial charge in [-0.15, -0.1) is 13.2 Å². The molecule has 4 aromatic rings. The van der Waals surface area contributed by atoms with Gasteiger partial charge in [0.2, 0.25) is 0 Å². The standard InChI is InChI=1S/C22H18ClF3N4O3/c1-21(10-32-11-21)9-30-20(31)13-5-3-2-4-12(13)15(29-30)8-19-27-16-6-14(23)18(7-17(16)28-19)33-22(24,25)26/h2-7H,8-11H2,1H3,(H,27,28). The molecule has 172 valence electrons. The molecule has 1 N–H and O–H groups in total. The maximum Gasteiger partial charge on any atom is 0.573 e. The average Bonchev–Trinajstić information content (AvgIpc) is 3.10. The van der Waals surface area contributed by atoms with Gasteiger partial charge in [-0.2, -0.15) is 5.10 Å². The molecule has 33 heavy (non-hydrogen) atoms. The summed E-state index contributed by atoms with van der Waals surface area (Å²) in [5.41, 5.74) is 0.993. The van der Waals surface area contributed by atoms with Crippen LogP contribution in [0.3, 0.4) is 0 Å². The third kappa shape index (κ3) is 4.28. The van der Waals surface area contributed by atoms with Crippen molar-refractivity contribution >= 4 is 33.4 Å². The lowest BCUT2D eigenvalue weighted by atomic mass is 9.89. The van der Waals surface area contributed by atoms with Crippen LogP contribution in [0.1, 0.15) is 18.4 Å². The van der Waals surface area contributed by atoms with Crippen LogP contribution < -0.4 is 10.3 Å². The number of nitrogens with zero attached hydrogens (tertiary/aromatic N) is 3. The molecule has 2 aromatic carbocycles. The van der Waals surface area contributed by atoms with E-state index < -0.39 is 12.1 Å². The van der Waals surface area contributed by atoms with E-state index in [9.17, 15) is 18.0 Å². The lowest BCUT2D eigenvalue weighted by Crippen LogP contribution is -2.45. The zero-order valence-corrected chi connectivity index (χ0v) is 18.1. The summed E-state index contributed by atoms with van der Waals surface area (Å²) in [5, 5.41) is 5.64. The molecule has 0 bridgehead atoms. The van der Waals surface area contributed by atoms with Crippen LogP contribution in [0.5, 0.6) is 5.75 Å². The van der Waals surface area contributed by atoms with Crippen molar-refractivity contribution in [3.63, 3.8) is 0 Å². The predicted molar refractivity (Wildman–Crippen MR) is 116 cm³/mol. The summed E-state index contributed by atoms with van der Waals surface area (Å²) < 4.78 is 48.6. The molecule has 0 radical (unpaired) electrons. The van der Waals surface area contributed by atoms with Gasteiger partial charge in [-0.25, -0.2) is 9.67 Å². The Labute approximate surface area is 190 Å². The number of H-pyrrole nitrogens is 1. The van der Waals surface area contributed by atoms with Gasteiger partial charge >= 0.3 is 6.36 Å². The average molecular weight is 479 g/mol. The fraction of sp³-hybridized carbons (Fsp3) is 0.318. The molecule has 5 rings (SSSR count). The number of halogens is 4. The van der Waals surface area contributed by atoms with Crippen molar-refractivity contribution in [3.8, 4) is 5.75 Å². The monoisotopic (exact) mass is 478 g/mol. The summed E-state index contributed by atoms with van der Waals surface area (Å²) in [7, 11) is 0. The molecular formula is C22H18ClF3N4O3. The smallest absolute Gasteiger partial charge is 0.404 e. The number of benzene rings is 2. The second kappa shape index (κ2) is 7.74. The van der Waals surface area contributed by atoms with E-state index in [1.54, 1.807) is 12.1 Å². The molecule has 1 aliphatic heterocycles. The molecule has 2 aromatic heterocycles. The molecule has 0 spiro atoms. The van der Waals surface area contributed by atoms with E-state index in [2.05, 4.69) is 19.8 Å². The first kappa shape index (κ1) is 21.7. The third-order valence-electron chi connectivity index (χ3n) is 5.52. The summed E-state index contributed by atoms with van der Waals surface area (Å²) in [6.45, 7) is 3.55. The lowest BCUT2D eigenvalue weighted by Gasteiger charge is -2.37. The van der Waals surface area contributed by atoms with E-state index in [1.807, 2.05) is 19.1 Å². The first-order valence-electron chi connectivity index (χ1n) is 10.1. The molecule has 1 fully saturated rings. The Bertz CT molecular complexity index is 1430. The number of imidazole rings is 1. The van der Waals surface area contributed by atoms with E-state index in [0.29, 0.717) is 47.6 Å². The van der Waals surface area contributed by atoms with Gasteiger partial charge in [-0.3, -0.25) is 4.79 Å². The Morgan fingerprint density at radius 1 is 1.24 bits per heavy atom. The summed E-state index contributed by atoms with van der Waals surface area (Å²) in [6.07, 6.45) is -4.63. The Kier molecular flexibility index (Phi) is 5.09. The molecule has 1 saturated heterocycles. The van der Waals surface area contributed by atoms with Crippen LogP contribution in [0.15, 0.2) is 41.2 Å². The summed E-state index contributed by atoms with van der Waals surface area (Å²) >= 11 is 5.94. The van der Waals surface area contributed by atoms with E-state index in [4.69, 9.17) is 16.3 Å². The van der Waals surface area contributed by atoms with Gasteiger partial charge in [-0.1, -0.05) is 36.7 Å². The molecule has 0 amide bonds. The molecule has 0 unspecified atom stereocenters. The van der Waals surface area contributed by atoms with Gasteiger partial charge < -0.3 is 14.5 Å². The number of aromatic nitrogens is 4. The highest BCUT2D eigenvalue weighted by molar-refractivity contribution is 6.32. The van der Waals surface area contributed by atoms with Crippen LogP contribution in [-0.4, -0.2) is 39.3 Å². The van der Waals surface area contributed by atoms with Crippen molar-refractivity contribution in [2.75, 3.05) is 13.2 Å². The van der Waals surface area contributed by atoms with E-state index in [1.165, 1.54) is 10.7 Å². The van der Waals surface area contributed by atoms with Crippen LogP contribution in [0, 0.1) is 5.41 Å². The van der Waals surface area contributed by atoms with Crippen molar-refractivity contribution < 1.29 is 22.6 Å². The summed E-state index contributed by atoms with van der Waals surface area (Å²) in [4.78, 5) is 20.5. The number of aromatic amines is 1. The zero-order chi connectivity index (χ0) is 23.4. The van der Waals surface area contributed by atoms with Gasteiger partial charge in [-0.05, 0) is 12.1 Å². The Morgan fingerprint density at radius 3 is 2.64 bits per heavy atom. The molecular weight excluding hydrogens is 461 g/mol. The van der Waals surface area contributed by atoms with Crippen LogP contribution in [0.25, 0.3) is 21.8 Å². The van der Waals surface area contributed by atoms with Crippen LogP contribution >= 0.6 is 11.6 Å². The Morgan fingerprint density at radius 2 is 1.97 bits per heavy atom. The molecule has 3 heterocycles. The van der Waals surface area contributed by atoms with Crippen LogP contribution in [0.4, 0.5) is 13.2 Å². The maximum atomic E-state index is 13.0. The molecule has 0 aliphatic carbocycles. The quantitative estimate of drug-likeness (QED) is 0.458. The molecule has 0 saturated carbocycles. The number of ether oxygens (including phenoxy) is 2. The predicted octanol–water partition coefficient (Wildman–Crippen LogP) is 4.45. The third-order valence-corrected chi connectivity index (χ3v) is 5.82. The number of alkyl halides is 3. The lowest BCUT2D eigenvalue weighted by molar-refractivity contribution is -0.274. The van der Waals surface area contributed by atoms with Crippen molar-refractivity contribution in [2.24, 2.45) is 5.41 Å². The van der Waals surface area contributed by atoms with E-state index in [-0.39, 0.29) is 27.9 Å². The van der Waals surface area contributed by atoms with Crippen molar-refractivity contribution in [1.29, 1.82) is 0 Å². The van der Waals surface area contributed by atoms with Crippen molar-refractivity contribution in [2.45, 2.75) is 26.3 Å². The van der Waals surface area contributed by atoms with Crippen LogP contribution in [0.2, 0.25) is 5.02 Å². The van der Waals surface area contributed by atoms with Gasteiger partial charge in [0.1, 0.15) is 11.6 Å².